The Kier molecular flexibility index (Phi) is 8.72. The van der Waals surface area contributed by atoms with E-state index in [-0.39, 0.29) is 18.4 Å². The van der Waals surface area contributed by atoms with Crippen LogP contribution in [0.3, 0.4) is 0 Å². The van der Waals surface area contributed by atoms with Crippen molar-refractivity contribution in [2.24, 2.45) is 0 Å². The fourth-order valence-corrected chi connectivity index (χ4v) is 3.63. The number of hydrogen-bond donors (Lipinski definition) is 1. The highest BCUT2D eigenvalue weighted by Crippen LogP contribution is 2.24. The molecular weight excluding hydrogens is 426 g/mol. The van der Waals surface area contributed by atoms with Gasteiger partial charge >= 0.3 is 5.97 Å². The van der Waals surface area contributed by atoms with Crippen LogP contribution >= 0.6 is 0 Å². The molecule has 0 spiro atoms. The molecule has 0 aromatic heterocycles. The van der Waals surface area contributed by atoms with Gasteiger partial charge in [-0.3, -0.25) is 9.59 Å². The summed E-state index contributed by atoms with van der Waals surface area (Å²) in [5.74, 6) is -0.423. The highest BCUT2D eigenvalue weighted by molar-refractivity contribution is 5.95. The predicted molar refractivity (Wildman–Crippen MR) is 135 cm³/mol. The Morgan fingerprint density at radius 3 is 2.21 bits per heavy atom. The number of ether oxygens (including phenoxy) is 1. The van der Waals surface area contributed by atoms with Crippen LogP contribution in [0, 0.1) is 0 Å². The fourth-order valence-electron chi connectivity index (χ4n) is 3.63. The molecular formula is C29H33NO4. The molecule has 0 saturated heterocycles. The Morgan fingerprint density at radius 2 is 1.53 bits per heavy atom. The van der Waals surface area contributed by atoms with E-state index in [1.165, 1.54) is 0 Å². The lowest BCUT2D eigenvalue weighted by atomic mass is 10.0. The van der Waals surface area contributed by atoms with Crippen molar-refractivity contribution < 1.29 is 20.8 Å². The van der Waals surface area contributed by atoms with Gasteiger partial charge in [0, 0.05) is 30.1 Å². The molecule has 178 valence electrons. The van der Waals surface area contributed by atoms with Crippen molar-refractivity contribution in [3.05, 3.63) is 90.0 Å². The van der Waals surface area contributed by atoms with Gasteiger partial charge in [0.1, 0.15) is 5.75 Å². The van der Waals surface area contributed by atoms with E-state index in [9.17, 15) is 9.59 Å². The number of amides is 1. The van der Waals surface area contributed by atoms with Crippen molar-refractivity contribution in [2.75, 3.05) is 6.61 Å². The number of benzene rings is 3. The lowest BCUT2D eigenvalue weighted by Crippen LogP contribution is -2.36. The van der Waals surface area contributed by atoms with E-state index < -0.39 is 12.5 Å². The monoisotopic (exact) mass is 460 g/mol. The third-order valence-corrected chi connectivity index (χ3v) is 5.52. The average molecular weight is 461 g/mol. The standard InChI is InChI=1S/C29H33NO4/c1-22(2)30(29(33)25-18-16-24(17-19-25)23-11-5-3-6-12-23)21-26-13-8-9-14-27(26)34-20-10-4-7-15-28(31)32/h3,5-6,8-9,11-14,16-19,22H,4,7,10,15,20-21H2,1-2H3,(H,31,32)/i21D. The minimum absolute atomic E-state index is 0.156. The zero-order chi connectivity index (χ0) is 25.2. The molecule has 0 aliphatic rings. The molecule has 5 heteroatoms. The number of hydrogen-bond acceptors (Lipinski definition) is 3. The van der Waals surface area contributed by atoms with E-state index >= 15 is 0 Å². The second-order valence-electron chi connectivity index (χ2n) is 8.47. The number of carbonyl (C=O) groups is 2. The van der Waals surface area contributed by atoms with Crippen LogP contribution in [0.2, 0.25) is 0 Å². The number of unbranched alkanes of at least 4 members (excludes halogenated alkanes) is 2. The average Bonchev–Trinajstić information content (AvgIpc) is 2.86. The SMILES string of the molecule is [2H]C(c1ccccc1OCCCCCC(=O)O)N(C(=O)c1ccc(-c2ccccc2)cc1)C(C)C. The van der Waals surface area contributed by atoms with Crippen LogP contribution in [-0.2, 0) is 11.3 Å². The first-order chi connectivity index (χ1) is 16.9. The Morgan fingerprint density at radius 1 is 0.882 bits per heavy atom. The molecule has 0 aliphatic heterocycles. The van der Waals surface area contributed by atoms with E-state index in [1.54, 1.807) is 4.90 Å². The number of carboxylic acid groups (broad SMARTS) is 1. The van der Waals surface area contributed by atoms with Crippen LogP contribution < -0.4 is 4.74 Å². The van der Waals surface area contributed by atoms with Gasteiger partial charge in [0.25, 0.3) is 5.91 Å². The molecule has 0 bridgehead atoms. The molecule has 1 unspecified atom stereocenters. The third-order valence-electron chi connectivity index (χ3n) is 5.52. The lowest BCUT2D eigenvalue weighted by Gasteiger charge is -2.28. The van der Waals surface area contributed by atoms with E-state index in [2.05, 4.69) is 0 Å². The third kappa shape index (κ3) is 7.20. The Labute approximate surface area is 203 Å². The smallest absolute Gasteiger partial charge is 0.303 e. The topological polar surface area (TPSA) is 66.8 Å². The molecule has 0 fully saturated rings. The minimum atomic E-state index is -0.931. The molecule has 0 heterocycles. The lowest BCUT2D eigenvalue weighted by molar-refractivity contribution is -0.137. The minimum Gasteiger partial charge on any atom is -0.493 e. The van der Waals surface area contributed by atoms with Crippen LogP contribution in [0.15, 0.2) is 78.9 Å². The first-order valence-electron chi connectivity index (χ1n) is 12.3. The van der Waals surface area contributed by atoms with Crippen molar-refractivity contribution in [1.29, 1.82) is 0 Å². The van der Waals surface area contributed by atoms with Crippen LogP contribution in [0.1, 0.15) is 56.8 Å². The van der Waals surface area contributed by atoms with Gasteiger partial charge in [-0.2, -0.15) is 0 Å². The van der Waals surface area contributed by atoms with Crippen molar-refractivity contribution in [2.45, 2.75) is 52.1 Å². The van der Waals surface area contributed by atoms with Gasteiger partial charge in [0.15, 0.2) is 0 Å². The van der Waals surface area contributed by atoms with Gasteiger partial charge in [0.2, 0.25) is 0 Å². The zero-order valence-electron chi connectivity index (χ0n) is 20.8. The molecule has 3 rings (SSSR count). The number of carbonyl (C=O) groups excluding carboxylic acids is 1. The highest BCUT2D eigenvalue weighted by atomic mass is 16.5. The maximum absolute atomic E-state index is 13.5. The van der Waals surface area contributed by atoms with Crippen LogP contribution in [0.5, 0.6) is 5.75 Å². The number of nitrogens with zero attached hydrogens (tertiary/aromatic N) is 1. The van der Waals surface area contributed by atoms with E-state index in [4.69, 9.17) is 11.2 Å². The summed E-state index contributed by atoms with van der Waals surface area (Å²) in [6.45, 7) is 3.31. The van der Waals surface area contributed by atoms with Crippen LogP contribution in [0.4, 0.5) is 0 Å². The maximum Gasteiger partial charge on any atom is 0.303 e. The van der Waals surface area contributed by atoms with Crippen molar-refractivity contribution in [3.63, 3.8) is 0 Å². The zero-order valence-corrected chi connectivity index (χ0v) is 19.8. The first kappa shape index (κ1) is 23.6. The maximum atomic E-state index is 13.5. The number of rotatable bonds is 12. The molecule has 3 aromatic carbocycles. The van der Waals surface area contributed by atoms with Crippen LogP contribution in [-0.4, -0.2) is 34.5 Å². The van der Waals surface area contributed by atoms with Crippen LogP contribution in [0.25, 0.3) is 11.1 Å². The molecule has 1 amide bonds. The van der Waals surface area contributed by atoms with Gasteiger partial charge in [-0.1, -0.05) is 60.7 Å². The molecule has 0 radical (unpaired) electrons. The number of para-hydroxylation sites is 1. The Hall–Kier alpha value is -3.60. The Bertz CT molecular complexity index is 1100. The summed E-state index contributed by atoms with van der Waals surface area (Å²) < 4.78 is 14.9. The number of aliphatic carboxylic acids is 1. The molecule has 5 nitrogen and oxygen atoms in total. The predicted octanol–water partition coefficient (Wildman–Crippen LogP) is 6.43. The van der Waals surface area contributed by atoms with Gasteiger partial charge in [-0.15, -0.1) is 0 Å². The van der Waals surface area contributed by atoms with Crippen molar-refractivity contribution >= 4 is 11.9 Å². The summed E-state index contributed by atoms with van der Waals surface area (Å²) in [4.78, 5) is 25.7. The van der Waals surface area contributed by atoms with Crippen molar-refractivity contribution in [1.82, 2.24) is 4.90 Å². The largest absolute Gasteiger partial charge is 0.493 e. The number of carboxylic acids is 1. The summed E-state index contributed by atoms with van der Waals surface area (Å²) in [6.07, 6.45) is 2.25. The molecule has 34 heavy (non-hydrogen) atoms. The van der Waals surface area contributed by atoms with Crippen molar-refractivity contribution in [3.8, 4) is 16.9 Å². The highest BCUT2D eigenvalue weighted by Gasteiger charge is 2.20. The van der Waals surface area contributed by atoms with E-state index in [0.717, 1.165) is 24.0 Å². The van der Waals surface area contributed by atoms with Gasteiger partial charge in [-0.05, 0) is 62.4 Å². The summed E-state index contributed by atoms with van der Waals surface area (Å²) in [7, 11) is 0. The summed E-state index contributed by atoms with van der Waals surface area (Å²) >= 11 is 0. The summed E-state index contributed by atoms with van der Waals surface area (Å²) in [6, 6.07) is 24.6. The fraction of sp³-hybridized carbons (Fsp3) is 0.310. The molecule has 3 aromatic rings. The van der Waals surface area contributed by atoms with Gasteiger partial charge < -0.3 is 14.7 Å². The van der Waals surface area contributed by atoms with E-state index in [1.807, 2.05) is 92.7 Å². The summed E-state index contributed by atoms with van der Waals surface area (Å²) in [5, 5.41) is 8.75. The molecule has 1 N–H and O–H groups in total. The van der Waals surface area contributed by atoms with Gasteiger partial charge in [0.05, 0.1) is 7.98 Å². The Balaban J connectivity index is 1.72. The van der Waals surface area contributed by atoms with E-state index in [0.29, 0.717) is 29.9 Å². The quantitative estimate of drug-likeness (QED) is 0.316. The molecule has 0 aliphatic carbocycles. The molecule has 1 atom stereocenters. The van der Waals surface area contributed by atoms with Gasteiger partial charge in [-0.25, -0.2) is 0 Å². The first-order valence-corrected chi connectivity index (χ1v) is 11.7. The second-order valence-corrected chi connectivity index (χ2v) is 8.47. The molecule has 0 saturated carbocycles. The second kappa shape index (κ2) is 12.6. The normalized spacial score (nSPS) is 12.1. The summed E-state index contributed by atoms with van der Waals surface area (Å²) in [5.41, 5.74) is 3.27.